The predicted octanol–water partition coefficient (Wildman–Crippen LogP) is 1.60. The Hall–Kier alpha value is -1.68. The fourth-order valence-corrected chi connectivity index (χ4v) is 1.32. The lowest BCUT2D eigenvalue weighted by molar-refractivity contribution is 0.595. The van der Waals surface area contributed by atoms with Gasteiger partial charge in [0.1, 0.15) is 11.6 Å². The number of nitrogens with zero attached hydrogens (tertiary/aromatic N) is 1. The summed E-state index contributed by atoms with van der Waals surface area (Å²) in [5, 5.41) is 0. The topological polar surface area (TPSA) is 54.7 Å². The lowest BCUT2D eigenvalue weighted by atomic mass is 10.1. The maximum absolute atomic E-state index is 13.3. The van der Waals surface area contributed by atoms with Gasteiger partial charge in [0.05, 0.1) is 6.04 Å². The molecule has 0 amide bonds. The normalized spacial score (nSPS) is 12.7. The van der Waals surface area contributed by atoms with Gasteiger partial charge in [-0.05, 0) is 6.07 Å². The van der Waals surface area contributed by atoms with Crippen LogP contribution in [0, 0.1) is 5.82 Å². The SMILES string of the molecule is NC(c1ncc[nH]1)c1ccccc1F. The van der Waals surface area contributed by atoms with Gasteiger partial charge in [0.15, 0.2) is 0 Å². The van der Waals surface area contributed by atoms with Crippen molar-refractivity contribution >= 4 is 0 Å². The number of benzene rings is 1. The van der Waals surface area contributed by atoms with Crippen LogP contribution in [0.2, 0.25) is 0 Å². The van der Waals surface area contributed by atoms with Gasteiger partial charge in [-0.2, -0.15) is 0 Å². The predicted molar refractivity (Wildman–Crippen MR) is 51.0 cm³/mol. The number of imidazole rings is 1. The Bertz CT molecular complexity index is 411. The summed E-state index contributed by atoms with van der Waals surface area (Å²) in [5.41, 5.74) is 6.27. The molecule has 0 radical (unpaired) electrons. The number of aromatic amines is 1. The second-order valence-corrected chi connectivity index (χ2v) is 2.97. The number of H-pyrrole nitrogens is 1. The van der Waals surface area contributed by atoms with Crippen molar-refractivity contribution in [3.05, 3.63) is 53.9 Å². The van der Waals surface area contributed by atoms with Crippen molar-refractivity contribution in [2.75, 3.05) is 0 Å². The third-order valence-corrected chi connectivity index (χ3v) is 2.05. The van der Waals surface area contributed by atoms with Gasteiger partial charge in [-0.1, -0.05) is 18.2 Å². The first-order valence-electron chi connectivity index (χ1n) is 4.28. The average molecular weight is 191 g/mol. The van der Waals surface area contributed by atoms with E-state index in [2.05, 4.69) is 9.97 Å². The molecule has 72 valence electrons. The van der Waals surface area contributed by atoms with Crippen molar-refractivity contribution in [3.63, 3.8) is 0 Å². The van der Waals surface area contributed by atoms with Gasteiger partial charge >= 0.3 is 0 Å². The third-order valence-electron chi connectivity index (χ3n) is 2.05. The molecular formula is C10H10FN3. The van der Waals surface area contributed by atoms with Crippen LogP contribution < -0.4 is 5.73 Å². The van der Waals surface area contributed by atoms with Crippen LogP contribution >= 0.6 is 0 Å². The molecule has 1 aromatic heterocycles. The first kappa shape index (κ1) is 8.90. The summed E-state index contributed by atoms with van der Waals surface area (Å²) >= 11 is 0. The van der Waals surface area contributed by atoms with Gasteiger partial charge in [-0.15, -0.1) is 0 Å². The summed E-state index contributed by atoms with van der Waals surface area (Å²) in [6, 6.07) is 5.89. The zero-order valence-electron chi connectivity index (χ0n) is 7.44. The molecule has 3 N–H and O–H groups in total. The van der Waals surface area contributed by atoms with Crippen LogP contribution in [0.25, 0.3) is 0 Å². The van der Waals surface area contributed by atoms with E-state index < -0.39 is 6.04 Å². The number of hydrogen-bond donors (Lipinski definition) is 2. The van der Waals surface area contributed by atoms with Crippen LogP contribution in [0.3, 0.4) is 0 Å². The highest BCUT2D eigenvalue weighted by Gasteiger charge is 2.14. The zero-order valence-corrected chi connectivity index (χ0v) is 7.44. The lowest BCUT2D eigenvalue weighted by Crippen LogP contribution is -2.14. The molecule has 14 heavy (non-hydrogen) atoms. The Morgan fingerprint density at radius 1 is 1.36 bits per heavy atom. The summed E-state index contributed by atoms with van der Waals surface area (Å²) in [6.45, 7) is 0. The van der Waals surface area contributed by atoms with Crippen molar-refractivity contribution in [3.8, 4) is 0 Å². The molecule has 1 aromatic carbocycles. The molecule has 2 aromatic rings. The van der Waals surface area contributed by atoms with Gasteiger partial charge in [-0.25, -0.2) is 9.37 Å². The molecule has 0 aliphatic heterocycles. The van der Waals surface area contributed by atoms with Gasteiger partial charge in [0.25, 0.3) is 0 Å². The summed E-state index contributed by atoms with van der Waals surface area (Å²) in [7, 11) is 0. The number of aromatic nitrogens is 2. The lowest BCUT2D eigenvalue weighted by Gasteiger charge is -2.09. The van der Waals surface area contributed by atoms with Crippen LogP contribution in [0.5, 0.6) is 0 Å². The Kier molecular flexibility index (Phi) is 2.28. The Labute approximate surface area is 80.8 Å². The summed E-state index contributed by atoms with van der Waals surface area (Å²) in [6.07, 6.45) is 3.26. The summed E-state index contributed by atoms with van der Waals surface area (Å²) in [4.78, 5) is 6.85. The summed E-state index contributed by atoms with van der Waals surface area (Å²) in [5.74, 6) is 0.256. The van der Waals surface area contributed by atoms with Crippen LogP contribution in [-0.4, -0.2) is 9.97 Å². The molecule has 0 saturated heterocycles. The maximum Gasteiger partial charge on any atom is 0.128 e. The standard InChI is InChI=1S/C10H10FN3/c11-8-4-2-1-3-7(8)9(12)10-13-5-6-14-10/h1-6,9H,12H2,(H,13,14). The molecular weight excluding hydrogens is 181 g/mol. The van der Waals surface area contributed by atoms with E-state index in [0.29, 0.717) is 11.4 Å². The highest BCUT2D eigenvalue weighted by molar-refractivity contribution is 5.25. The van der Waals surface area contributed by atoms with E-state index in [9.17, 15) is 4.39 Å². The van der Waals surface area contributed by atoms with Crippen molar-refractivity contribution in [2.24, 2.45) is 5.73 Å². The fraction of sp³-hybridized carbons (Fsp3) is 0.100. The molecule has 0 fully saturated rings. The second-order valence-electron chi connectivity index (χ2n) is 2.97. The molecule has 3 nitrogen and oxygen atoms in total. The van der Waals surface area contributed by atoms with Crippen LogP contribution in [-0.2, 0) is 0 Å². The number of hydrogen-bond acceptors (Lipinski definition) is 2. The van der Waals surface area contributed by atoms with E-state index in [1.54, 1.807) is 30.6 Å². The minimum absolute atomic E-state index is 0.309. The smallest absolute Gasteiger partial charge is 0.128 e. The van der Waals surface area contributed by atoms with Gasteiger partial charge < -0.3 is 10.7 Å². The van der Waals surface area contributed by atoms with E-state index in [1.165, 1.54) is 6.07 Å². The van der Waals surface area contributed by atoms with Gasteiger partial charge in [0, 0.05) is 18.0 Å². The van der Waals surface area contributed by atoms with E-state index in [1.807, 2.05) is 0 Å². The molecule has 4 heteroatoms. The number of nitrogens with two attached hydrogens (primary N) is 1. The van der Waals surface area contributed by atoms with Crippen LogP contribution in [0.1, 0.15) is 17.4 Å². The molecule has 1 heterocycles. The third kappa shape index (κ3) is 1.52. The zero-order chi connectivity index (χ0) is 9.97. The molecule has 0 bridgehead atoms. The minimum Gasteiger partial charge on any atom is -0.347 e. The molecule has 1 atom stereocenters. The van der Waals surface area contributed by atoms with Crippen LogP contribution in [0.15, 0.2) is 36.7 Å². The Morgan fingerprint density at radius 3 is 2.79 bits per heavy atom. The van der Waals surface area contributed by atoms with E-state index in [0.717, 1.165) is 0 Å². The maximum atomic E-state index is 13.3. The van der Waals surface area contributed by atoms with E-state index >= 15 is 0 Å². The average Bonchev–Trinajstić information content (AvgIpc) is 2.70. The number of halogens is 1. The van der Waals surface area contributed by atoms with Crippen molar-refractivity contribution < 1.29 is 4.39 Å². The molecule has 0 aliphatic rings. The summed E-state index contributed by atoms with van der Waals surface area (Å²) < 4.78 is 13.3. The number of rotatable bonds is 2. The monoisotopic (exact) mass is 191 g/mol. The Morgan fingerprint density at radius 2 is 2.14 bits per heavy atom. The molecule has 1 unspecified atom stereocenters. The van der Waals surface area contributed by atoms with Crippen molar-refractivity contribution in [2.45, 2.75) is 6.04 Å². The van der Waals surface area contributed by atoms with E-state index in [-0.39, 0.29) is 5.82 Å². The largest absolute Gasteiger partial charge is 0.347 e. The Balaban J connectivity index is 2.37. The van der Waals surface area contributed by atoms with Crippen molar-refractivity contribution in [1.29, 1.82) is 0 Å². The molecule has 0 aliphatic carbocycles. The first-order valence-corrected chi connectivity index (χ1v) is 4.28. The van der Waals surface area contributed by atoms with E-state index in [4.69, 9.17) is 5.73 Å². The molecule has 0 saturated carbocycles. The van der Waals surface area contributed by atoms with Crippen LogP contribution in [0.4, 0.5) is 4.39 Å². The second kappa shape index (κ2) is 3.59. The quantitative estimate of drug-likeness (QED) is 0.757. The van der Waals surface area contributed by atoms with Gasteiger partial charge in [-0.3, -0.25) is 0 Å². The van der Waals surface area contributed by atoms with Crippen molar-refractivity contribution in [1.82, 2.24) is 9.97 Å². The minimum atomic E-state index is -0.536. The van der Waals surface area contributed by atoms with Gasteiger partial charge in [0.2, 0.25) is 0 Å². The first-order chi connectivity index (χ1) is 6.79. The fourth-order valence-electron chi connectivity index (χ4n) is 1.32. The highest BCUT2D eigenvalue weighted by Crippen LogP contribution is 2.18. The highest BCUT2D eigenvalue weighted by atomic mass is 19.1. The molecule has 2 rings (SSSR count). The molecule has 0 spiro atoms. The number of nitrogens with one attached hydrogen (secondary N) is 1.